The molecule has 0 aliphatic carbocycles. The van der Waals surface area contributed by atoms with Crippen LogP contribution in [-0.2, 0) is 23.3 Å². The molecule has 0 bridgehead atoms. The molecule has 304 valence electrons. The van der Waals surface area contributed by atoms with Crippen molar-refractivity contribution < 1.29 is 4.57 Å². The van der Waals surface area contributed by atoms with Crippen molar-refractivity contribution in [3.63, 3.8) is 0 Å². The Bertz CT molecular complexity index is 3640. The number of hydrogen-bond acceptors (Lipinski definition) is 1. The third kappa shape index (κ3) is 5.12. The van der Waals surface area contributed by atoms with Crippen LogP contribution in [0.4, 0.5) is 0 Å². The molecule has 0 saturated heterocycles. The lowest BCUT2D eigenvalue weighted by Gasteiger charge is -2.35. The van der Waals surface area contributed by atoms with Crippen LogP contribution in [0.2, 0.25) is 0 Å². The average Bonchev–Trinajstić information content (AvgIpc) is 3.73. The van der Waals surface area contributed by atoms with Gasteiger partial charge in [-0.25, -0.2) is 4.57 Å². The van der Waals surface area contributed by atoms with Gasteiger partial charge in [-0.1, -0.05) is 146 Å². The molecule has 12 rings (SSSR count). The zero-order valence-corrected chi connectivity index (χ0v) is 38.7. The van der Waals surface area contributed by atoms with Gasteiger partial charge in [0.15, 0.2) is 11.0 Å². The number of hydrogen-bond donors (Lipinski definition) is 0. The first kappa shape index (κ1) is 37.9. The van der Waals surface area contributed by atoms with Gasteiger partial charge in [0.2, 0.25) is 6.71 Å². The number of aromatic nitrogens is 3. The van der Waals surface area contributed by atoms with Gasteiger partial charge in [0, 0.05) is 42.5 Å². The second kappa shape index (κ2) is 12.4. The fraction of sp³-hybridized carbons (Fsp3) is 0.246. The summed E-state index contributed by atoms with van der Waals surface area (Å²) in [6, 6.07) is 47.5. The van der Waals surface area contributed by atoms with E-state index in [-0.39, 0.29) is 23.0 Å². The Kier molecular flexibility index (Phi) is 7.62. The highest BCUT2D eigenvalue weighted by molar-refractivity contribution is 8.00. The van der Waals surface area contributed by atoms with Crippen LogP contribution in [0.3, 0.4) is 0 Å². The van der Waals surface area contributed by atoms with Crippen molar-refractivity contribution in [3.8, 4) is 16.8 Å². The van der Waals surface area contributed by atoms with Gasteiger partial charge in [-0.2, -0.15) is 4.40 Å². The lowest BCUT2D eigenvalue weighted by molar-refractivity contribution is -0.617. The quantitative estimate of drug-likeness (QED) is 0.0913. The number of benzene rings is 7. The second-order valence-electron chi connectivity index (χ2n) is 21.4. The van der Waals surface area contributed by atoms with Crippen molar-refractivity contribution in [3.05, 3.63) is 144 Å². The van der Waals surface area contributed by atoms with E-state index >= 15 is 0 Å². The Morgan fingerprint density at radius 3 is 1.97 bits per heavy atom. The van der Waals surface area contributed by atoms with Crippen LogP contribution in [0.15, 0.2) is 131 Å². The minimum Gasteiger partial charge on any atom is -0.310 e. The van der Waals surface area contributed by atoms with Crippen LogP contribution in [0.1, 0.15) is 84.6 Å². The molecule has 0 spiro atoms. The van der Waals surface area contributed by atoms with Crippen molar-refractivity contribution in [2.24, 2.45) is 7.05 Å². The summed E-state index contributed by atoms with van der Waals surface area (Å²) in [5, 5.41) is 6.60. The molecule has 62 heavy (non-hydrogen) atoms. The van der Waals surface area contributed by atoms with E-state index in [2.05, 4.69) is 211 Å². The number of imidazole rings is 1. The molecule has 10 aromatic rings. The van der Waals surface area contributed by atoms with E-state index in [0.717, 1.165) is 0 Å². The lowest BCUT2D eigenvalue weighted by atomic mass is 9.35. The number of pyridine rings is 1. The molecule has 0 saturated carbocycles. The molecule has 3 aromatic heterocycles. The van der Waals surface area contributed by atoms with Crippen molar-refractivity contribution in [2.45, 2.75) is 95.3 Å². The summed E-state index contributed by atoms with van der Waals surface area (Å²) in [5.41, 5.74) is 21.2. The van der Waals surface area contributed by atoms with E-state index in [1.165, 1.54) is 125 Å². The molecule has 3 nitrogen and oxygen atoms in total. The predicted molar refractivity (Wildman–Crippen MR) is 267 cm³/mol. The minimum atomic E-state index is -0.0175. The topological polar surface area (TPSA) is 13.2 Å². The van der Waals surface area contributed by atoms with Gasteiger partial charge >= 0.3 is 0 Å². The smallest absolute Gasteiger partial charge is 0.295 e. The summed E-state index contributed by atoms with van der Waals surface area (Å²) < 4.78 is 7.54. The van der Waals surface area contributed by atoms with Crippen LogP contribution in [0.5, 0.6) is 0 Å². The van der Waals surface area contributed by atoms with Crippen LogP contribution >= 0.6 is 11.8 Å². The predicted octanol–water partition coefficient (Wildman–Crippen LogP) is 12.5. The molecule has 0 atom stereocenters. The number of para-hydroxylation sites is 3. The van der Waals surface area contributed by atoms with Gasteiger partial charge in [-0.05, 0) is 122 Å². The Morgan fingerprint density at radius 1 is 0.548 bits per heavy atom. The second-order valence-corrected chi connectivity index (χ2v) is 22.5. The van der Waals surface area contributed by atoms with Gasteiger partial charge in [-0.3, -0.25) is 0 Å². The summed E-state index contributed by atoms with van der Waals surface area (Å²) in [6.07, 6.45) is 0. The monoisotopic (exact) mass is 822 g/mol. The minimum absolute atomic E-state index is 0.0175. The highest BCUT2D eigenvalue weighted by atomic mass is 32.2. The van der Waals surface area contributed by atoms with Crippen molar-refractivity contribution in [2.75, 3.05) is 0 Å². The van der Waals surface area contributed by atoms with Gasteiger partial charge < -0.3 is 4.57 Å². The molecule has 0 radical (unpaired) electrons. The number of fused-ring (bicyclic) bond motifs is 15. The zero-order chi connectivity index (χ0) is 42.9. The maximum atomic E-state index is 2.66. The molecule has 2 aliphatic rings. The maximum Gasteiger partial charge on any atom is 0.295 e. The van der Waals surface area contributed by atoms with Crippen molar-refractivity contribution >= 4 is 95.0 Å². The average molecular weight is 823 g/mol. The summed E-state index contributed by atoms with van der Waals surface area (Å²) in [6.45, 7) is 23.6. The molecular weight excluding hydrogens is 770 g/mol. The zero-order valence-electron chi connectivity index (χ0n) is 37.9. The van der Waals surface area contributed by atoms with E-state index in [1.807, 2.05) is 11.8 Å². The van der Waals surface area contributed by atoms with Crippen molar-refractivity contribution in [1.29, 1.82) is 0 Å². The van der Waals surface area contributed by atoms with Crippen molar-refractivity contribution in [1.82, 2.24) is 8.97 Å². The molecule has 0 unspecified atom stereocenters. The molecule has 0 amide bonds. The molecule has 0 N–H and O–H groups in total. The van der Waals surface area contributed by atoms with Gasteiger partial charge in [0.1, 0.15) is 5.52 Å². The number of aryl methyl sites for hydroxylation is 2. The third-order valence-electron chi connectivity index (χ3n) is 14.4. The Morgan fingerprint density at radius 2 is 1.21 bits per heavy atom. The third-order valence-corrected chi connectivity index (χ3v) is 15.5. The molecular formula is C57H53BN3S+. The fourth-order valence-electron chi connectivity index (χ4n) is 11.0. The summed E-state index contributed by atoms with van der Waals surface area (Å²) in [4.78, 5) is 2.71. The molecule has 5 heterocycles. The summed E-state index contributed by atoms with van der Waals surface area (Å²) >= 11 is 1.96. The Hall–Kier alpha value is -5.78. The molecule has 5 heteroatoms. The lowest BCUT2D eigenvalue weighted by Crippen LogP contribution is -2.59. The number of nitrogens with zero attached hydrogens (tertiary/aromatic N) is 3. The van der Waals surface area contributed by atoms with Crippen LogP contribution in [0, 0.1) is 6.92 Å². The Balaban J connectivity index is 1.25. The van der Waals surface area contributed by atoms with Crippen LogP contribution in [0.25, 0.3) is 77.0 Å². The standard InChI is InChI=1S/C57H53BN3S/c1-32-20-23-37(51-38-16-12-13-17-43(38)61-46-19-15-14-18-45(46)59(11)54(61)50(32)51)33-26-47-52-49(27-33)62-48-25-22-35(56(5,6)7)30-41(48)58(52)42-31-36(57(8,9)10)29-40-39-28-34(55(2,3)4)21-24-44(39)60(47)53(40)42/h12-31H,1-11H3/q+1. The van der Waals surface area contributed by atoms with E-state index < -0.39 is 0 Å². The first-order valence-corrected chi connectivity index (χ1v) is 23.2. The van der Waals surface area contributed by atoms with Gasteiger partial charge in [-0.15, -0.1) is 0 Å². The van der Waals surface area contributed by atoms with E-state index in [4.69, 9.17) is 0 Å². The normalized spacial score (nSPS) is 14.0. The van der Waals surface area contributed by atoms with Gasteiger partial charge in [0.05, 0.1) is 18.0 Å². The van der Waals surface area contributed by atoms with E-state index in [0.29, 0.717) is 0 Å². The molecule has 7 aromatic carbocycles. The fourth-order valence-corrected chi connectivity index (χ4v) is 12.2. The largest absolute Gasteiger partial charge is 0.310 e. The first-order chi connectivity index (χ1) is 29.5. The van der Waals surface area contributed by atoms with Crippen LogP contribution in [-0.4, -0.2) is 15.7 Å². The van der Waals surface area contributed by atoms with E-state index in [9.17, 15) is 0 Å². The summed E-state index contributed by atoms with van der Waals surface area (Å²) in [5.74, 6) is 0. The highest BCUT2D eigenvalue weighted by Gasteiger charge is 2.41. The molecule has 2 aliphatic heterocycles. The first-order valence-electron chi connectivity index (χ1n) is 22.4. The van der Waals surface area contributed by atoms with E-state index in [1.54, 1.807) is 0 Å². The number of rotatable bonds is 1. The molecule has 0 fully saturated rings. The summed E-state index contributed by atoms with van der Waals surface area (Å²) in [7, 11) is 2.23. The SMILES string of the molecule is Cc1ccc(-c2cc3c4c(c2)-n2c5ccc(C(C)(C)C)cc5c5cc(C(C)(C)C)cc(c52)B4c2cc(C(C)(C)C)ccc2S3)c2c3ccccc3n3c4ccccc4[n+](C)c3c12. The highest BCUT2D eigenvalue weighted by Crippen LogP contribution is 2.46. The van der Waals surface area contributed by atoms with Crippen LogP contribution < -0.4 is 21.0 Å². The Labute approximate surface area is 369 Å². The maximum absolute atomic E-state index is 2.66. The van der Waals surface area contributed by atoms with Gasteiger partial charge in [0.25, 0.3) is 5.65 Å².